The number of nitrogens with one attached hydrogen (secondary N) is 1. The molecule has 0 amide bonds. The van der Waals surface area contributed by atoms with Crippen LogP contribution in [0, 0.1) is 5.41 Å². The van der Waals surface area contributed by atoms with Crippen molar-refractivity contribution in [2.75, 3.05) is 13.6 Å². The molecule has 1 aromatic heterocycles. The van der Waals surface area contributed by atoms with Crippen molar-refractivity contribution in [2.24, 2.45) is 5.41 Å². The number of hydrogen-bond acceptors (Lipinski definition) is 3. The maximum atomic E-state index is 4.36. The molecule has 4 heteroatoms. The van der Waals surface area contributed by atoms with Crippen LogP contribution in [-0.4, -0.2) is 28.4 Å². The van der Waals surface area contributed by atoms with E-state index in [4.69, 9.17) is 0 Å². The monoisotopic (exact) mass is 224 g/mol. The largest absolute Gasteiger partial charge is 0.320 e. The summed E-state index contributed by atoms with van der Waals surface area (Å²) < 4.78 is 2.02. The second kappa shape index (κ2) is 5.43. The van der Waals surface area contributed by atoms with Crippen molar-refractivity contribution in [2.45, 2.75) is 46.6 Å². The van der Waals surface area contributed by atoms with Crippen LogP contribution in [0.25, 0.3) is 0 Å². The van der Waals surface area contributed by atoms with Gasteiger partial charge in [-0.15, -0.1) is 0 Å². The summed E-state index contributed by atoms with van der Waals surface area (Å²) in [6.45, 7) is 9.88. The van der Waals surface area contributed by atoms with Crippen molar-refractivity contribution >= 4 is 0 Å². The number of nitrogens with zero attached hydrogens (tertiary/aromatic N) is 3. The van der Waals surface area contributed by atoms with E-state index in [1.54, 1.807) is 6.33 Å². The average Bonchev–Trinajstić information content (AvgIpc) is 2.62. The van der Waals surface area contributed by atoms with Crippen LogP contribution < -0.4 is 5.32 Å². The number of hydrogen-bond donors (Lipinski definition) is 1. The Hall–Kier alpha value is -0.900. The van der Waals surface area contributed by atoms with Crippen molar-refractivity contribution in [1.29, 1.82) is 0 Å². The molecule has 0 aliphatic carbocycles. The summed E-state index contributed by atoms with van der Waals surface area (Å²) in [5, 5.41) is 7.47. The van der Waals surface area contributed by atoms with E-state index in [9.17, 15) is 0 Å². The van der Waals surface area contributed by atoms with Crippen LogP contribution >= 0.6 is 0 Å². The van der Waals surface area contributed by atoms with E-state index >= 15 is 0 Å². The first kappa shape index (κ1) is 13.2. The maximum Gasteiger partial charge on any atom is 0.138 e. The Labute approximate surface area is 98.5 Å². The summed E-state index contributed by atoms with van der Waals surface area (Å²) in [6, 6.07) is 0.387. The van der Waals surface area contributed by atoms with Crippen LogP contribution in [0.5, 0.6) is 0 Å². The van der Waals surface area contributed by atoms with E-state index in [0.29, 0.717) is 6.04 Å². The second-order valence-corrected chi connectivity index (χ2v) is 5.41. The van der Waals surface area contributed by atoms with Crippen LogP contribution in [0.1, 0.15) is 46.0 Å². The summed E-state index contributed by atoms with van der Waals surface area (Å²) in [7, 11) is 1.99. The van der Waals surface area contributed by atoms with Crippen molar-refractivity contribution in [1.82, 2.24) is 20.1 Å². The quantitative estimate of drug-likeness (QED) is 0.804. The van der Waals surface area contributed by atoms with Gasteiger partial charge in [-0.2, -0.15) is 5.10 Å². The van der Waals surface area contributed by atoms with Crippen LogP contribution in [0.4, 0.5) is 0 Å². The van der Waals surface area contributed by atoms with Crippen molar-refractivity contribution < 1.29 is 0 Å². The minimum atomic E-state index is 0.267. The minimum Gasteiger partial charge on any atom is -0.320 e. The van der Waals surface area contributed by atoms with E-state index < -0.39 is 0 Å². The summed E-state index contributed by atoms with van der Waals surface area (Å²) in [5.41, 5.74) is 0.267. The van der Waals surface area contributed by atoms with Gasteiger partial charge in [0.2, 0.25) is 0 Å². The highest BCUT2D eigenvalue weighted by molar-refractivity contribution is 4.92. The average molecular weight is 224 g/mol. The van der Waals surface area contributed by atoms with Gasteiger partial charge in [-0.3, -0.25) is 0 Å². The Morgan fingerprint density at radius 1 is 1.44 bits per heavy atom. The van der Waals surface area contributed by atoms with E-state index in [-0.39, 0.29) is 5.41 Å². The first-order valence-corrected chi connectivity index (χ1v) is 5.99. The SMILES string of the molecule is CNCCC(C)(C)Cc1ncnn1C(C)C. The van der Waals surface area contributed by atoms with Crippen molar-refractivity contribution in [3.05, 3.63) is 12.2 Å². The minimum absolute atomic E-state index is 0.267. The molecular weight excluding hydrogens is 200 g/mol. The lowest BCUT2D eigenvalue weighted by Crippen LogP contribution is -2.24. The van der Waals surface area contributed by atoms with Gasteiger partial charge in [0, 0.05) is 12.5 Å². The van der Waals surface area contributed by atoms with Gasteiger partial charge in [0.05, 0.1) is 0 Å². The van der Waals surface area contributed by atoms with Gasteiger partial charge >= 0.3 is 0 Å². The summed E-state index contributed by atoms with van der Waals surface area (Å²) in [4.78, 5) is 4.36. The van der Waals surface area contributed by atoms with E-state index in [1.807, 2.05) is 11.7 Å². The molecule has 0 unspecified atom stereocenters. The highest BCUT2D eigenvalue weighted by Gasteiger charge is 2.21. The van der Waals surface area contributed by atoms with Crippen molar-refractivity contribution in [3.8, 4) is 0 Å². The molecule has 0 aromatic carbocycles. The van der Waals surface area contributed by atoms with E-state index in [1.165, 1.54) is 0 Å². The molecular formula is C12H24N4. The van der Waals surface area contributed by atoms with Crippen LogP contribution in [0.3, 0.4) is 0 Å². The molecule has 0 saturated carbocycles. The van der Waals surface area contributed by atoms with Gasteiger partial charge in [0.25, 0.3) is 0 Å². The van der Waals surface area contributed by atoms with Gasteiger partial charge in [-0.1, -0.05) is 13.8 Å². The molecule has 92 valence electrons. The first-order valence-electron chi connectivity index (χ1n) is 5.99. The molecule has 0 radical (unpaired) electrons. The fourth-order valence-corrected chi connectivity index (χ4v) is 1.81. The van der Waals surface area contributed by atoms with E-state index in [0.717, 1.165) is 25.2 Å². The normalized spacial score (nSPS) is 12.4. The molecule has 0 bridgehead atoms. The summed E-state index contributed by atoms with van der Waals surface area (Å²) >= 11 is 0. The Morgan fingerprint density at radius 2 is 2.12 bits per heavy atom. The third kappa shape index (κ3) is 3.59. The predicted molar refractivity (Wildman–Crippen MR) is 66.4 cm³/mol. The molecule has 4 nitrogen and oxygen atoms in total. The molecule has 16 heavy (non-hydrogen) atoms. The number of aromatic nitrogens is 3. The third-order valence-corrected chi connectivity index (χ3v) is 2.82. The zero-order valence-electron chi connectivity index (χ0n) is 11.1. The molecule has 0 fully saturated rings. The van der Waals surface area contributed by atoms with Crippen LogP contribution in [0.2, 0.25) is 0 Å². The van der Waals surface area contributed by atoms with E-state index in [2.05, 4.69) is 43.1 Å². The summed E-state index contributed by atoms with van der Waals surface area (Å²) in [5.74, 6) is 1.09. The van der Waals surface area contributed by atoms with Gasteiger partial charge in [0.1, 0.15) is 12.2 Å². The molecule has 0 atom stereocenters. The molecule has 0 aliphatic rings. The Balaban J connectivity index is 2.68. The molecule has 1 N–H and O–H groups in total. The lowest BCUT2D eigenvalue weighted by molar-refractivity contribution is 0.312. The Kier molecular flexibility index (Phi) is 4.47. The maximum absolute atomic E-state index is 4.36. The zero-order chi connectivity index (χ0) is 12.2. The third-order valence-electron chi connectivity index (χ3n) is 2.82. The lowest BCUT2D eigenvalue weighted by atomic mass is 9.85. The van der Waals surface area contributed by atoms with Gasteiger partial charge < -0.3 is 5.32 Å². The fraction of sp³-hybridized carbons (Fsp3) is 0.833. The van der Waals surface area contributed by atoms with Crippen LogP contribution in [-0.2, 0) is 6.42 Å². The second-order valence-electron chi connectivity index (χ2n) is 5.41. The number of rotatable bonds is 6. The standard InChI is InChI=1S/C12H24N4/c1-10(2)16-11(14-9-15-16)8-12(3,4)6-7-13-5/h9-10,13H,6-8H2,1-5H3. The lowest BCUT2D eigenvalue weighted by Gasteiger charge is -2.24. The Bertz CT molecular complexity index is 315. The van der Waals surface area contributed by atoms with Gasteiger partial charge in [0.15, 0.2) is 0 Å². The fourth-order valence-electron chi connectivity index (χ4n) is 1.81. The van der Waals surface area contributed by atoms with Gasteiger partial charge in [-0.25, -0.2) is 9.67 Å². The predicted octanol–water partition coefficient (Wildman–Crippen LogP) is 2.04. The molecule has 1 rings (SSSR count). The van der Waals surface area contributed by atoms with Gasteiger partial charge in [-0.05, 0) is 39.3 Å². The molecule has 1 aromatic rings. The topological polar surface area (TPSA) is 42.7 Å². The Morgan fingerprint density at radius 3 is 2.69 bits per heavy atom. The molecule has 0 saturated heterocycles. The molecule has 1 heterocycles. The highest BCUT2D eigenvalue weighted by atomic mass is 15.3. The van der Waals surface area contributed by atoms with Crippen molar-refractivity contribution in [3.63, 3.8) is 0 Å². The smallest absolute Gasteiger partial charge is 0.138 e. The van der Waals surface area contributed by atoms with Crippen LogP contribution in [0.15, 0.2) is 6.33 Å². The summed E-state index contributed by atoms with van der Waals surface area (Å²) in [6.07, 6.45) is 3.78. The molecule has 0 spiro atoms. The molecule has 0 aliphatic heterocycles. The zero-order valence-corrected chi connectivity index (χ0v) is 11.1. The first-order chi connectivity index (χ1) is 7.46. The highest BCUT2D eigenvalue weighted by Crippen LogP contribution is 2.25.